The first kappa shape index (κ1) is 22.7. The summed E-state index contributed by atoms with van der Waals surface area (Å²) in [6.45, 7) is 8.63. The minimum Gasteiger partial charge on any atom is -0.506 e. The number of nitrogens with one attached hydrogen (secondary N) is 1. The second-order valence-corrected chi connectivity index (χ2v) is 7.94. The molecule has 1 fully saturated rings. The van der Waals surface area contributed by atoms with Gasteiger partial charge >= 0.3 is 0 Å². The van der Waals surface area contributed by atoms with Gasteiger partial charge in [0.2, 0.25) is 0 Å². The molecule has 2 heterocycles. The van der Waals surface area contributed by atoms with Crippen molar-refractivity contribution >= 4 is 47.0 Å². The molecule has 0 bridgehead atoms. The van der Waals surface area contributed by atoms with E-state index in [1.807, 2.05) is 25.2 Å². The number of nitrogens with zero attached hydrogens (tertiary/aromatic N) is 4. The molecule has 1 aromatic heterocycles. The van der Waals surface area contributed by atoms with Crippen LogP contribution in [0.25, 0.3) is 0 Å². The molecule has 6 nitrogen and oxygen atoms in total. The first-order valence-electron chi connectivity index (χ1n) is 9.56. The van der Waals surface area contributed by atoms with Gasteiger partial charge in [-0.25, -0.2) is 4.98 Å². The van der Waals surface area contributed by atoms with E-state index in [2.05, 4.69) is 34.0 Å². The van der Waals surface area contributed by atoms with Crippen molar-refractivity contribution < 1.29 is 5.11 Å². The highest BCUT2D eigenvalue weighted by atomic mass is 127. The quantitative estimate of drug-likeness (QED) is 0.364. The van der Waals surface area contributed by atoms with Crippen molar-refractivity contribution in [2.75, 3.05) is 44.7 Å². The van der Waals surface area contributed by atoms with E-state index in [0.717, 1.165) is 57.2 Å². The number of thiazole rings is 1. The Morgan fingerprint density at radius 1 is 1.25 bits per heavy atom. The van der Waals surface area contributed by atoms with Gasteiger partial charge < -0.3 is 20.2 Å². The van der Waals surface area contributed by atoms with E-state index in [1.165, 1.54) is 15.6 Å². The molecule has 1 aliphatic rings. The highest BCUT2D eigenvalue weighted by Crippen LogP contribution is 2.27. The van der Waals surface area contributed by atoms with E-state index in [-0.39, 0.29) is 24.0 Å². The predicted molar refractivity (Wildman–Crippen MR) is 129 cm³/mol. The number of guanidine groups is 1. The molecule has 3 rings (SSSR count). The minimum atomic E-state index is 0. The van der Waals surface area contributed by atoms with Crippen LogP contribution in [0.4, 0.5) is 5.69 Å². The normalized spacial score (nSPS) is 14.8. The van der Waals surface area contributed by atoms with Crippen molar-refractivity contribution in [3.63, 3.8) is 0 Å². The number of anilines is 1. The molecule has 0 unspecified atom stereocenters. The average Bonchev–Trinajstić information content (AvgIpc) is 3.05. The maximum absolute atomic E-state index is 10.1. The van der Waals surface area contributed by atoms with Crippen molar-refractivity contribution in [3.8, 4) is 5.75 Å². The van der Waals surface area contributed by atoms with Gasteiger partial charge in [-0.05, 0) is 25.5 Å². The van der Waals surface area contributed by atoms with E-state index in [0.29, 0.717) is 5.75 Å². The Bertz CT molecular complexity index is 787. The molecule has 2 aromatic rings. The van der Waals surface area contributed by atoms with E-state index in [9.17, 15) is 5.11 Å². The first-order chi connectivity index (χ1) is 13.1. The molecular formula is C20H30IN5OS. The number of halogens is 1. The van der Waals surface area contributed by atoms with Gasteiger partial charge in [0, 0.05) is 51.1 Å². The average molecular weight is 515 g/mol. The molecule has 1 saturated heterocycles. The third-order valence-electron chi connectivity index (χ3n) is 4.91. The maximum Gasteiger partial charge on any atom is 0.193 e. The van der Waals surface area contributed by atoms with Crippen LogP contribution in [0.15, 0.2) is 29.3 Å². The number of aromatic nitrogens is 1. The highest BCUT2D eigenvalue weighted by molar-refractivity contribution is 14.0. The summed E-state index contributed by atoms with van der Waals surface area (Å²) in [6, 6.07) is 7.53. The number of aromatic hydroxyl groups is 1. The highest BCUT2D eigenvalue weighted by Gasteiger charge is 2.21. The topological polar surface area (TPSA) is 64.0 Å². The molecule has 0 aliphatic carbocycles. The summed E-state index contributed by atoms with van der Waals surface area (Å²) in [6.07, 6.45) is 1.92. The molecule has 28 heavy (non-hydrogen) atoms. The number of aryl methyl sites for hydroxylation is 2. The SMILES string of the molecule is CCc1nc(CCNC(=NC)N2CCN(c3ccccc3O)CC2)sc1C.I. The van der Waals surface area contributed by atoms with Crippen molar-refractivity contribution in [3.05, 3.63) is 39.8 Å². The number of phenols is 1. The Labute approximate surface area is 188 Å². The van der Waals surface area contributed by atoms with Crippen LogP contribution in [-0.2, 0) is 12.8 Å². The lowest BCUT2D eigenvalue weighted by atomic mass is 10.2. The van der Waals surface area contributed by atoms with Gasteiger partial charge in [0.05, 0.1) is 16.4 Å². The molecule has 0 saturated carbocycles. The number of para-hydroxylation sites is 2. The zero-order valence-electron chi connectivity index (χ0n) is 16.8. The molecule has 0 radical (unpaired) electrons. The largest absolute Gasteiger partial charge is 0.506 e. The molecule has 0 amide bonds. The summed E-state index contributed by atoms with van der Waals surface area (Å²) in [7, 11) is 1.83. The molecule has 1 aromatic carbocycles. The summed E-state index contributed by atoms with van der Waals surface area (Å²) < 4.78 is 0. The van der Waals surface area contributed by atoms with E-state index < -0.39 is 0 Å². The lowest BCUT2D eigenvalue weighted by molar-refractivity contribution is 0.370. The van der Waals surface area contributed by atoms with Crippen LogP contribution in [0.5, 0.6) is 5.75 Å². The fourth-order valence-corrected chi connectivity index (χ4v) is 4.45. The predicted octanol–water partition coefficient (Wildman–Crippen LogP) is 3.28. The summed E-state index contributed by atoms with van der Waals surface area (Å²) >= 11 is 1.80. The Morgan fingerprint density at radius 2 is 1.96 bits per heavy atom. The van der Waals surface area contributed by atoms with Crippen LogP contribution in [0.3, 0.4) is 0 Å². The van der Waals surface area contributed by atoms with Crippen molar-refractivity contribution in [2.24, 2.45) is 4.99 Å². The van der Waals surface area contributed by atoms with Gasteiger partial charge in [-0.1, -0.05) is 19.1 Å². The van der Waals surface area contributed by atoms with Crippen LogP contribution >= 0.6 is 35.3 Å². The number of aliphatic imine (C=N–C) groups is 1. The van der Waals surface area contributed by atoms with Gasteiger partial charge in [0.25, 0.3) is 0 Å². The second kappa shape index (κ2) is 10.8. The van der Waals surface area contributed by atoms with Gasteiger partial charge in [-0.2, -0.15) is 0 Å². The van der Waals surface area contributed by atoms with E-state index in [4.69, 9.17) is 4.98 Å². The van der Waals surface area contributed by atoms with Gasteiger partial charge in [-0.15, -0.1) is 35.3 Å². The number of rotatable bonds is 5. The molecule has 2 N–H and O–H groups in total. The minimum absolute atomic E-state index is 0. The molecule has 1 aliphatic heterocycles. The Kier molecular flexibility index (Phi) is 8.81. The Hall–Kier alpha value is -1.55. The smallest absolute Gasteiger partial charge is 0.193 e. The third kappa shape index (κ3) is 5.50. The molecule has 154 valence electrons. The molecule has 8 heteroatoms. The zero-order chi connectivity index (χ0) is 19.2. The maximum atomic E-state index is 10.1. The van der Waals surface area contributed by atoms with Crippen LogP contribution < -0.4 is 10.2 Å². The van der Waals surface area contributed by atoms with Crippen LogP contribution in [0.1, 0.15) is 22.5 Å². The Balaban J connectivity index is 0.00000280. The number of hydrogen-bond donors (Lipinski definition) is 2. The summed E-state index contributed by atoms with van der Waals surface area (Å²) in [5.41, 5.74) is 2.13. The summed E-state index contributed by atoms with van der Waals surface area (Å²) in [5.74, 6) is 1.29. The standard InChI is InChI=1S/C20H29N5OS.HI/c1-4-16-15(2)27-19(23-16)9-10-22-20(21-3)25-13-11-24(12-14-25)17-7-5-6-8-18(17)26;/h5-8,26H,4,9-14H2,1-3H3,(H,21,22);1H. The molecule has 0 spiro atoms. The van der Waals surface area contributed by atoms with Crippen molar-refractivity contribution in [2.45, 2.75) is 26.7 Å². The van der Waals surface area contributed by atoms with Crippen LogP contribution in [0, 0.1) is 6.92 Å². The summed E-state index contributed by atoms with van der Waals surface area (Å²) in [4.78, 5) is 15.0. The van der Waals surface area contributed by atoms with E-state index in [1.54, 1.807) is 17.4 Å². The summed E-state index contributed by atoms with van der Waals surface area (Å²) in [5, 5.41) is 14.7. The zero-order valence-corrected chi connectivity index (χ0v) is 20.0. The third-order valence-corrected chi connectivity index (χ3v) is 5.98. The molecule has 0 atom stereocenters. The fourth-order valence-electron chi connectivity index (χ4n) is 3.43. The van der Waals surface area contributed by atoms with Crippen molar-refractivity contribution in [1.82, 2.24) is 15.2 Å². The van der Waals surface area contributed by atoms with Crippen molar-refractivity contribution in [1.29, 1.82) is 0 Å². The van der Waals surface area contributed by atoms with E-state index >= 15 is 0 Å². The number of phenolic OH excluding ortho intramolecular Hbond substituents is 1. The van der Waals surface area contributed by atoms with Gasteiger partial charge in [0.15, 0.2) is 5.96 Å². The lowest BCUT2D eigenvalue weighted by Crippen LogP contribution is -2.52. The fraction of sp³-hybridized carbons (Fsp3) is 0.500. The Morgan fingerprint density at radius 3 is 2.57 bits per heavy atom. The second-order valence-electron chi connectivity index (χ2n) is 6.65. The number of benzene rings is 1. The lowest BCUT2D eigenvalue weighted by Gasteiger charge is -2.37. The monoisotopic (exact) mass is 515 g/mol. The van der Waals surface area contributed by atoms with Gasteiger partial charge in [0.1, 0.15) is 5.75 Å². The van der Waals surface area contributed by atoms with Gasteiger partial charge in [-0.3, -0.25) is 4.99 Å². The number of hydrogen-bond acceptors (Lipinski definition) is 5. The number of piperazine rings is 1. The van der Waals surface area contributed by atoms with Crippen LogP contribution in [0.2, 0.25) is 0 Å². The first-order valence-corrected chi connectivity index (χ1v) is 10.4. The molecular weight excluding hydrogens is 485 g/mol. The van der Waals surface area contributed by atoms with Crippen LogP contribution in [-0.4, -0.2) is 60.7 Å².